The zero-order valence-electron chi connectivity index (χ0n) is 29.4. The summed E-state index contributed by atoms with van der Waals surface area (Å²) < 4.78 is 3.25. The first-order chi connectivity index (χ1) is 22.0. The molecule has 3 aromatic rings. The molecule has 0 heterocycles. The summed E-state index contributed by atoms with van der Waals surface area (Å²) in [6.45, 7) is 19.3. The summed E-state index contributed by atoms with van der Waals surface area (Å²) in [5.41, 5.74) is 12.2. The fraction of sp³-hybridized carbons (Fsp3) is 0.356. The molecule has 1 atom stereocenters. The zero-order valence-corrected chi connectivity index (χ0v) is 31.8. The molecule has 0 saturated carbocycles. The Labute approximate surface area is 289 Å². The van der Waals surface area contributed by atoms with Crippen LogP contribution < -0.4 is 10.4 Å². The first kappa shape index (κ1) is 33.0. The van der Waals surface area contributed by atoms with E-state index in [1.807, 2.05) is 0 Å². The van der Waals surface area contributed by atoms with Crippen LogP contribution in [-0.4, -0.2) is 3.21 Å². The van der Waals surface area contributed by atoms with Gasteiger partial charge in [0.15, 0.2) is 0 Å². The van der Waals surface area contributed by atoms with Crippen LogP contribution in [-0.2, 0) is 28.2 Å². The fourth-order valence-corrected chi connectivity index (χ4v) is 11.9. The van der Waals surface area contributed by atoms with E-state index in [9.17, 15) is 0 Å². The Hall–Kier alpha value is -2.89. The van der Waals surface area contributed by atoms with Crippen LogP contribution in [0, 0.1) is 10.8 Å². The van der Waals surface area contributed by atoms with Crippen molar-refractivity contribution in [1.82, 2.24) is 0 Å². The van der Waals surface area contributed by atoms with Crippen LogP contribution in [0.1, 0.15) is 104 Å². The molecule has 1 unspecified atom stereocenters. The quantitative estimate of drug-likeness (QED) is 0.222. The number of fused-ring (bicyclic) bond motifs is 2. The van der Waals surface area contributed by atoms with E-state index in [1.165, 1.54) is 45.5 Å². The van der Waals surface area contributed by atoms with Crippen LogP contribution in [0.3, 0.4) is 0 Å². The number of benzene rings is 3. The van der Waals surface area contributed by atoms with Gasteiger partial charge in [-0.25, -0.2) is 0 Å². The standard InChI is InChI=1S/C32H41.C13H10.Zr/c1-9-13-23-21-32(18-10-2,31(6,7)8)29(22-14-11-12-15-22)27-20-24-19-25(30(3,4)5)16-17-26(24)28(23)27;1-3-7-12(8-4-1)11-13-9-5-2-6-10-13;/h11-12,14,16-17,19,21H,9-10,13,15,18H2,1-8H3;1-10H;. The molecule has 6 rings (SSSR count). The van der Waals surface area contributed by atoms with Crippen LogP contribution in [0.4, 0.5) is 0 Å². The van der Waals surface area contributed by atoms with Gasteiger partial charge in [0.1, 0.15) is 0 Å². The molecular weight excluding hydrogens is 632 g/mol. The van der Waals surface area contributed by atoms with Crippen LogP contribution in [0.2, 0.25) is 0 Å². The Balaban J connectivity index is 1.84. The Morgan fingerprint density at radius 2 is 1.41 bits per heavy atom. The van der Waals surface area contributed by atoms with E-state index in [0.717, 1.165) is 19.3 Å². The van der Waals surface area contributed by atoms with Gasteiger partial charge in [-0.15, -0.1) is 0 Å². The van der Waals surface area contributed by atoms with E-state index < -0.39 is 22.8 Å². The fourth-order valence-electron chi connectivity index (χ4n) is 7.96. The first-order valence-corrected chi connectivity index (χ1v) is 19.9. The van der Waals surface area contributed by atoms with Crippen molar-refractivity contribution < 1.29 is 22.8 Å². The maximum absolute atomic E-state index is 2.78. The molecule has 1 heteroatoms. The molecule has 0 amide bonds. The third-order valence-electron chi connectivity index (χ3n) is 10.3. The van der Waals surface area contributed by atoms with Crippen molar-refractivity contribution in [3.63, 3.8) is 0 Å². The van der Waals surface area contributed by atoms with Gasteiger partial charge in [0.05, 0.1) is 0 Å². The summed E-state index contributed by atoms with van der Waals surface area (Å²) in [5.74, 6) is 0. The van der Waals surface area contributed by atoms with E-state index in [1.54, 1.807) is 28.8 Å². The van der Waals surface area contributed by atoms with Gasteiger partial charge in [-0.2, -0.15) is 0 Å². The van der Waals surface area contributed by atoms with Crippen LogP contribution in [0.15, 0.2) is 125 Å². The van der Waals surface area contributed by atoms with Crippen molar-refractivity contribution >= 4 is 12.1 Å². The van der Waals surface area contributed by atoms with Crippen LogP contribution in [0.5, 0.6) is 0 Å². The SMILES string of the molecule is CCCC1=CC(CCC)(C(C)(C)C)C(C2=CC=CC2)=C2[C]([Zr]=[C](c3ccccc3)c3ccccc3)=c3cc(C(C)(C)C)ccc3=C12. The van der Waals surface area contributed by atoms with E-state index in [4.69, 9.17) is 0 Å². The second kappa shape index (κ2) is 13.0. The summed E-state index contributed by atoms with van der Waals surface area (Å²) in [6.07, 6.45) is 15.5. The van der Waals surface area contributed by atoms with Gasteiger partial charge < -0.3 is 0 Å². The normalized spacial score (nSPS) is 19.1. The van der Waals surface area contributed by atoms with Gasteiger partial charge in [0.25, 0.3) is 0 Å². The van der Waals surface area contributed by atoms with Crippen LogP contribution >= 0.6 is 0 Å². The van der Waals surface area contributed by atoms with Gasteiger partial charge in [0.2, 0.25) is 0 Å². The Morgan fingerprint density at radius 3 is 1.93 bits per heavy atom. The van der Waals surface area contributed by atoms with E-state index in [-0.39, 0.29) is 16.2 Å². The predicted octanol–water partition coefficient (Wildman–Crippen LogP) is 10.4. The van der Waals surface area contributed by atoms with Gasteiger partial charge in [-0.05, 0) is 0 Å². The molecule has 0 fully saturated rings. The second-order valence-corrected chi connectivity index (χ2v) is 18.5. The van der Waals surface area contributed by atoms with Crippen molar-refractivity contribution in [3.8, 4) is 0 Å². The molecule has 3 aliphatic rings. The van der Waals surface area contributed by atoms with Gasteiger partial charge >= 0.3 is 291 Å². The average molecular weight is 683 g/mol. The Morgan fingerprint density at radius 1 is 0.761 bits per heavy atom. The Kier molecular flexibility index (Phi) is 9.31. The van der Waals surface area contributed by atoms with E-state index >= 15 is 0 Å². The summed E-state index contributed by atoms with van der Waals surface area (Å²) in [5, 5.41) is 2.99. The molecule has 0 aliphatic heterocycles. The van der Waals surface area contributed by atoms with Gasteiger partial charge in [-0.3, -0.25) is 0 Å². The van der Waals surface area contributed by atoms with E-state index in [0.29, 0.717) is 0 Å². The first-order valence-electron chi connectivity index (χ1n) is 17.5. The molecule has 0 radical (unpaired) electrons. The zero-order chi connectivity index (χ0) is 32.7. The Bertz CT molecular complexity index is 1870. The monoisotopic (exact) mass is 681 g/mol. The summed E-state index contributed by atoms with van der Waals surface area (Å²) in [4.78, 5) is 0. The second-order valence-electron chi connectivity index (χ2n) is 15.5. The molecule has 3 aliphatic carbocycles. The summed E-state index contributed by atoms with van der Waals surface area (Å²) in [6, 6.07) is 30.1. The van der Waals surface area contributed by atoms with E-state index in [2.05, 4.69) is 159 Å². The number of allylic oxidation sites excluding steroid dienone is 8. The number of hydrogen-bond acceptors (Lipinski definition) is 0. The third kappa shape index (κ3) is 5.88. The molecular formula is C45H51Zr. The minimum absolute atomic E-state index is 0.0256. The molecule has 0 aromatic heterocycles. The molecule has 0 bridgehead atoms. The van der Waals surface area contributed by atoms with Crippen molar-refractivity contribution in [2.24, 2.45) is 10.8 Å². The topological polar surface area (TPSA) is 0 Å². The van der Waals surface area contributed by atoms with Crippen molar-refractivity contribution in [3.05, 3.63) is 153 Å². The van der Waals surface area contributed by atoms with Crippen LogP contribution in [0.25, 0.3) is 8.85 Å². The predicted molar refractivity (Wildman–Crippen MR) is 196 cm³/mol. The molecule has 235 valence electrons. The average Bonchev–Trinajstić information content (AvgIpc) is 3.67. The minimum atomic E-state index is -1.36. The summed E-state index contributed by atoms with van der Waals surface area (Å²) in [7, 11) is 0. The third-order valence-corrected chi connectivity index (χ3v) is 14.3. The van der Waals surface area contributed by atoms with Gasteiger partial charge in [-0.1, -0.05) is 0 Å². The maximum atomic E-state index is 2.78. The number of rotatable bonds is 8. The molecule has 0 saturated heterocycles. The molecule has 3 aromatic carbocycles. The summed E-state index contributed by atoms with van der Waals surface area (Å²) >= 11 is -1.36. The molecule has 46 heavy (non-hydrogen) atoms. The molecule has 0 nitrogen and oxygen atoms in total. The molecule has 0 spiro atoms. The van der Waals surface area contributed by atoms with Crippen molar-refractivity contribution in [2.75, 3.05) is 0 Å². The van der Waals surface area contributed by atoms with Crippen molar-refractivity contribution in [1.29, 1.82) is 0 Å². The van der Waals surface area contributed by atoms with Crippen molar-refractivity contribution in [2.45, 2.75) is 92.9 Å². The van der Waals surface area contributed by atoms with Gasteiger partial charge in [0, 0.05) is 0 Å². The number of hydrogen-bond donors (Lipinski definition) is 0. The molecule has 0 N–H and O–H groups in total.